The van der Waals surface area contributed by atoms with E-state index in [-0.39, 0.29) is 11.8 Å². The quantitative estimate of drug-likeness (QED) is 0.577. The largest absolute Gasteiger partial charge is 0.463 e. The summed E-state index contributed by atoms with van der Waals surface area (Å²) in [6, 6.07) is 0.247. The number of rotatable bonds is 3. The highest BCUT2D eigenvalue weighted by Crippen LogP contribution is 2.01. The molecule has 5 nitrogen and oxygen atoms in total. The van der Waals surface area contributed by atoms with Crippen LogP contribution in [-0.2, 0) is 7.05 Å². The zero-order chi connectivity index (χ0) is 8.27. The third kappa shape index (κ3) is 1.54. The van der Waals surface area contributed by atoms with Crippen LogP contribution in [0.2, 0.25) is 0 Å². The third-order valence-electron chi connectivity index (χ3n) is 1.16. The van der Waals surface area contributed by atoms with E-state index in [1.807, 2.05) is 6.92 Å². The lowest BCUT2D eigenvalue weighted by Gasteiger charge is -1.91. The van der Waals surface area contributed by atoms with Gasteiger partial charge in [-0.1, -0.05) is 0 Å². The molecule has 0 aliphatic rings. The second-order valence-corrected chi connectivity index (χ2v) is 1.93. The summed E-state index contributed by atoms with van der Waals surface area (Å²) in [6.45, 7) is 2.33. The number of ether oxygens (including phenoxy) is 1. The standard InChI is InChI=1S/C6H9N3O2/c1-3-11-6-7-5(4-10)9(2)8-6/h4H,3H2,1-2H3. The molecular formula is C6H9N3O2. The maximum absolute atomic E-state index is 10.3. The number of aryl methyl sites for hydroxylation is 1. The minimum Gasteiger partial charge on any atom is -0.463 e. The van der Waals surface area contributed by atoms with Gasteiger partial charge in [0.25, 0.3) is 0 Å². The van der Waals surface area contributed by atoms with Crippen LogP contribution in [0.1, 0.15) is 17.5 Å². The maximum Gasteiger partial charge on any atom is 0.336 e. The highest BCUT2D eigenvalue weighted by Gasteiger charge is 2.04. The Hall–Kier alpha value is -1.39. The van der Waals surface area contributed by atoms with Gasteiger partial charge in [0.05, 0.1) is 6.61 Å². The van der Waals surface area contributed by atoms with E-state index >= 15 is 0 Å². The molecule has 0 aliphatic carbocycles. The molecule has 0 aromatic carbocycles. The first-order valence-corrected chi connectivity index (χ1v) is 3.27. The summed E-state index contributed by atoms with van der Waals surface area (Å²) < 4.78 is 6.34. The summed E-state index contributed by atoms with van der Waals surface area (Å²) in [7, 11) is 1.64. The molecule has 60 valence electrons. The van der Waals surface area contributed by atoms with Crippen molar-refractivity contribution in [1.82, 2.24) is 14.8 Å². The topological polar surface area (TPSA) is 57.0 Å². The second-order valence-electron chi connectivity index (χ2n) is 1.93. The molecule has 11 heavy (non-hydrogen) atoms. The van der Waals surface area contributed by atoms with Gasteiger partial charge in [0.1, 0.15) is 0 Å². The summed E-state index contributed by atoms with van der Waals surface area (Å²) >= 11 is 0. The van der Waals surface area contributed by atoms with E-state index in [2.05, 4.69) is 10.1 Å². The van der Waals surface area contributed by atoms with Gasteiger partial charge in [-0.05, 0) is 6.92 Å². The number of hydrogen-bond acceptors (Lipinski definition) is 4. The lowest BCUT2D eigenvalue weighted by Crippen LogP contribution is -1.97. The monoisotopic (exact) mass is 155 g/mol. The van der Waals surface area contributed by atoms with Crippen LogP contribution in [0.5, 0.6) is 6.01 Å². The van der Waals surface area contributed by atoms with Crippen LogP contribution >= 0.6 is 0 Å². The molecule has 1 heterocycles. The number of carbonyl (C=O) groups is 1. The number of aldehydes is 1. The van der Waals surface area contributed by atoms with E-state index in [0.717, 1.165) is 0 Å². The smallest absolute Gasteiger partial charge is 0.336 e. The lowest BCUT2D eigenvalue weighted by molar-refractivity contribution is 0.111. The first kappa shape index (κ1) is 7.71. The molecule has 0 amide bonds. The number of hydrogen-bond donors (Lipinski definition) is 0. The average Bonchev–Trinajstić information content (AvgIpc) is 2.32. The van der Waals surface area contributed by atoms with Gasteiger partial charge in [0, 0.05) is 7.05 Å². The van der Waals surface area contributed by atoms with Gasteiger partial charge < -0.3 is 4.74 Å². The van der Waals surface area contributed by atoms with Crippen LogP contribution in [0, 0.1) is 0 Å². The van der Waals surface area contributed by atoms with Gasteiger partial charge in [-0.3, -0.25) is 4.79 Å². The maximum atomic E-state index is 10.3. The SMILES string of the molecule is CCOc1nc(C=O)n(C)n1. The van der Waals surface area contributed by atoms with Gasteiger partial charge in [-0.2, -0.15) is 4.98 Å². The molecule has 0 unspecified atom stereocenters. The Kier molecular flexibility index (Phi) is 2.20. The number of aromatic nitrogens is 3. The summed E-state index contributed by atoms with van der Waals surface area (Å²) in [5, 5.41) is 3.82. The Labute approximate surface area is 64.0 Å². The zero-order valence-electron chi connectivity index (χ0n) is 6.44. The highest BCUT2D eigenvalue weighted by atomic mass is 16.5. The average molecular weight is 155 g/mol. The molecule has 0 aliphatic heterocycles. The van der Waals surface area contributed by atoms with Gasteiger partial charge in [0.2, 0.25) is 0 Å². The molecule has 0 atom stereocenters. The molecule has 0 bridgehead atoms. The highest BCUT2D eigenvalue weighted by molar-refractivity contribution is 5.68. The predicted molar refractivity (Wildman–Crippen MR) is 37.6 cm³/mol. The Bertz CT molecular complexity index is 256. The fourth-order valence-electron chi connectivity index (χ4n) is 0.665. The van der Waals surface area contributed by atoms with Gasteiger partial charge in [-0.15, -0.1) is 5.10 Å². The van der Waals surface area contributed by atoms with Crippen molar-refractivity contribution in [2.24, 2.45) is 7.05 Å². The fraction of sp³-hybridized carbons (Fsp3) is 0.500. The molecule has 0 saturated heterocycles. The minimum absolute atomic E-state index is 0.247. The fourth-order valence-corrected chi connectivity index (χ4v) is 0.665. The first-order valence-electron chi connectivity index (χ1n) is 3.27. The first-order chi connectivity index (χ1) is 5.27. The van der Waals surface area contributed by atoms with Gasteiger partial charge >= 0.3 is 6.01 Å². The second kappa shape index (κ2) is 3.14. The van der Waals surface area contributed by atoms with E-state index in [1.165, 1.54) is 4.68 Å². The Morgan fingerprint density at radius 2 is 2.45 bits per heavy atom. The summed E-state index contributed by atoms with van der Waals surface area (Å²) in [4.78, 5) is 14.0. The van der Waals surface area contributed by atoms with Crippen molar-refractivity contribution in [3.63, 3.8) is 0 Å². The van der Waals surface area contributed by atoms with E-state index in [1.54, 1.807) is 7.05 Å². The van der Waals surface area contributed by atoms with Crippen molar-refractivity contribution in [1.29, 1.82) is 0 Å². The van der Waals surface area contributed by atoms with Crippen LogP contribution in [0.3, 0.4) is 0 Å². The molecule has 1 rings (SSSR count). The number of nitrogens with zero attached hydrogens (tertiary/aromatic N) is 3. The minimum atomic E-state index is 0.247. The van der Waals surface area contributed by atoms with Gasteiger partial charge in [0.15, 0.2) is 12.1 Å². The molecule has 0 radical (unpaired) electrons. The summed E-state index contributed by atoms with van der Waals surface area (Å²) in [5.41, 5.74) is 0. The number of carbonyl (C=O) groups excluding carboxylic acids is 1. The van der Waals surface area contributed by atoms with Gasteiger partial charge in [-0.25, -0.2) is 4.68 Å². The molecular weight excluding hydrogens is 146 g/mol. The molecule has 0 saturated carbocycles. The van der Waals surface area contributed by atoms with E-state index in [9.17, 15) is 4.79 Å². The molecule has 5 heteroatoms. The molecule has 0 spiro atoms. The third-order valence-corrected chi connectivity index (χ3v) is 1.16. The Balaban J connectivity index is 2.86. The van der Waals surface area contributed by atoms with Crippen molar-refractivity contribution >= 4 is 6.29 Å². The van der Waals surface area contributed by atoms with Crippen LogP contribution < -0.4 is 4.74 Å². The van der Waals surface area contributed by atoms with Crippen LogP contribution in [0.25, 0.3) is 0 Å². The van der Waals surface area contributed by atoms with E-state index in [4.69, 9.17) is 4.74 Å². The molecule has 0 fully saturated rings. The lowest BCUT2D eigenvalue weighted by atomic mass is 10.7. The van der Waals surface area contributed by atoms with E-state index < -0.39 is 0 Å². The summed E-state index contributed by atoms with van der Waals surface area (Å²) in [5.74, 6) is 0.272. The van der Waals surface area contributed by atoms with Crippen molar-refractivity contribution in [2.75, 3.05) is 6.61 Å². The summed E-state index contributed by atoms with van der Waals surface area (Å²) in [6.07, 6.45) is 0.634. The molecule has 1 aromatic rings. The van der Waals surface area contributed by atoms with Crippen LogP contribution in [0.4, 0.5) is 0 Å². The molecule has 0 N–H and O–H groups in total. The zero-order valence-corrected chi connectivity index (χ0v) is 6.44. The van der Waals surface area contributed by atoms with Crippen LogP contribution in [-0.4, -0.2) is 27.7 Å². The molecule has 1 aromatic heterocycles. The van der Waals surface area contributed by atoms with Crippen molar-refractivity contribution in [2.45, 2.75) is 6.92 Å². The Morgan fingerprint density at radius 3 is 2.91 bits per heavy atom. The normalized spacial score (nSPS) is 9.64. The van der Waals surface area contributed by atoms with E-state index in [0.29, 0.717) is 12.9 Å². The predicted octanol–water partition coefficient (Wildman–Crippen LogP) is 0.0263. The van der Waals surface area contributed by atoms with Crippen LogP contribution in [0.15, 0.2) is 0 Å². The van der Waals surface area contributed by atoms with Crippen molar-refractivity contribution < 1.29 is 9.53 Å². The van der Waals surface area contributed by atoms with Crippen molar-refractivity contribution in [3.8, 4) is 6.01 Å². The van der Waals surface area contributed by atoms with Crippen molar-refractivity contribution in [3.05, 3.63) is 5.82 Å². The Morgan fingerprint density at radius 1 is 1.73 bits per heavy atom.